The molecule has 0 bridgehead atoms. The molecule has 17 heavy (non-hydrogen) atoms. The fraction of sp³-hybridized carbons (Fsp3) is 0.667. The third-order valence-corrected chi connectivity index (χ3v) is 3.37. The van der Waals surface area contributed by atoms with Gasteiger partial charge in [-0.05, 0) is 28.8 Å². The number of hydrogen-bond acceptors (Lipinski definition) is 4. The van der Waals surface area contributed by atoms with Crippen LogP contribution in [0.4, 0.5) is 11.8 Å². The van der Waals surface area contributed by atoms with Gasteiger partial charge in [-0.3, -0.25) is 0 Å². The van der Waals surface area contributed by atoms with Gasteiger partial charge in [0.1, 0.15) is 5.82 Å². The van der Waals surface area contributed by atoms with E-state index in [9.17, 15) is 0 Å². The molecule has 0 aliphatic rings. The van der Waals surface area contributed by atoms with Crippen molar-refractivity contribution in [1.29, 1.82) is 0 Å². The predicted molar refractivity (Wildman–Crippen MR) is 76.5 cm³/mol. The molecule has 0 fully saturated rings. The van der Waals surface area contributed by atoms with Crippen LogP contribution in [0.3, 0.4) is 0 Å². The summed E-state index contributed by atoms with van der Waals surface area (Å²) in [6.45, 7) is 8.24. The lowest BCUT2D eigenvalue weighted by Gasteiger charge is -2.15. The molecule has 0 spiro atoms. The molecule has 2 N–H and O–H groups in total. The minimum Gasteiger partial charge on any atom is -0.369 e. The molecular formula is C12H21BrN4. The molecule has 0 aromatic carbocycles. The SMILES string of the molecule is CCNc1ncc(Br)c(NCC(CC)CC)n1. The van der Waals surface area contributed by atoms with Crippen molar-refractivity contribution in [3.05, 3.63) is 10.7 Å². The second-order valence-corrected chi connectivity index (χ2v) is 4.84. The normalized spacial score (nSPS) is 10.6. The first kappa shape index (κ1) is 14.2. The summed E-state index contributed by atoms with van der Waals surface area (Å²) in [5.41, 5.74) is 0. The van der Waals surface area contributed by atoms with Crippen LogP contribution in [-0.4, -0.2) is 23.1 Å². The van der Waals surface area contributed by atoms with Crippen LogP contribution in [0, 0.1) is 5.92 Å². The van der Waals surface area contributed by atoms with E-state index in [-0.39, 0.29) is 0 Å². The first-order valence-corrected chi connectivity index (χ1v) is 7.00. The standard InChI is InChI=1S/C12H21BrN4/c1-4-9(5-2)7-15-11-10(13)8-16-12(17-11)14-6-3/h8-9H,4-7H2,1-3H3,(H2,14,15,16,17). The Morgan fingerprint density at radius 2 is 1.94 bits per heavy atom. The van der Waals surface area contributed by atoms with Crippen LogP contribution in [-0.2, 0) is 0 Å². The first-order chi connectivity index (χ1) is 8.21. The van der Waals surface area contributed by atoms with Crippen molar-refractivity contribution in [2.75, 3.05) is 23.7 Å². The molecule has 1 aromatic heterocycles. The van der Waals surface area contributed by atoms with Gasteiger partial charge in [-0.2, -0.15) is 4.98 Å². The molecule has 1 rings (SSSR count). The van der Waals surface area contributed by atoms with Crippen molar-refractivity contribution >= 4 is 27.7 Å². The summed E-state index contributed by atoms with van der Waals surface area (Å²) < 4.78 is 0.908. The van der Waals surface area contributed by atoms with Gasteiger partial charge in [-0.15, -0.1) is 0 Å². The molecule has 1 heterocycles. The zero-order chi connectivity index (χ0) is 12.7. The molecule has 0 amide bonds. The highest BCUT2D eigenvalue weighted by Gasteiger charge is 2.07. The van der Waals surface area contributed by atoms with Crippen LogP contribution in [0.2, 0.25) is 0 Å². The largest absolute Gasteiger partial charge is 0.369 e. The lowest BCUT2D eigenvalue weighted by molar-refractivity contribution is 0.518. The van der Waals surface area contributed by atoms with E-state index in [0.29, 0.717) is 11.9 Å². The predicted octanol–water partition coefficient (Wildman–Crippen LogP) is 3.52. The summed E-state index contributed by atoms with van der Waals surface area (Å²) in [5, 5.41) is 6.48. The van der Waals surface area contributed by atoms with Crippen LogP contribution >= 0.6 is 15.9 Å². The number of hydrogen-bond donors (Lipinski definition) is 2. The van der Waals surface area contributed by atoms with Crippen LogP contribution in [0.5, 0.6) is 0 Å². The number of rotatable bonds is 7. The van der Waals surface area contributed by atoms with E-state index in [0.717, 1.165) is 23.4 Å². The van der Waals surface area contributed by atoms with Crippen molar-refractivity contribution in [1.82, 2.24) is 9.97 Å². The summed E-state index contributed by atoms with van der Waals surface area (Å²) in [7, 11) is 0. The smallest absolute Gasteiger partial charge is 0.224 e. The third-order valence-electron chi connectivity index (χ3n) is 2.79. The van der Waals surface area contributed by atoms with Gasteiger partial charge < -0.3 is 10.6 Å². The topological polar surface area (TPSA) is 49.8 Å². The van der Waals surface area contributed by atoms with Crippen molar-refractivity contribution in [2.24, 2.45) is 5.92 Å². The number of halogens is 1. The molecule has 1 aromatic rings. The highest BCUT2D eigenvalue weighted by molar-refractivity contribution is 9.10. The molecule has 4 nitrogen and oxygen atoms in total. The maximum Gasteiger partial charge on any atom is 0.224 e. The fourth-order valence-corrected chi connectivity index (χ4v) is 1.88. The molecule has 0 saturated carbocycles. The van der Waals surface area contributed by atoms with Crippen LogP contribution in [0.15, 0.2) is 10.7 Å². The van der Waals surface area contributed by atoms with E-state index in [4.69, 9.17) is 0 Å². The minimum absolute atomic E-state index is 0.669. The number of aromatic nitrogens is 2. The summed E-state index contributed by atoms with van der Waals surface area (Å²) >= 11 is 3.46. The number of nitrogens with one attached hydrogen (secondary N) is 2. The molecule has 0 aliphatic carbocycles. The zero-order valence-electron chi connectivity index (χ0n) is 10.8. The molecule has 0 saturated heterocycles. The summed E-state index contributed by atoms with van der Waals surface area (Å²) in [4.78, 5) is 8.61. The van der Waals surface area contributed by atoms with E-state index < -0.39 is 0 Å². The molecule has 0 unspecified atom stereocenters. The van der Waals surface area contributed by atoms with Gasteiger partial charge in [-0.1, -0.05) is 26.7 Å². The van der Waals surface area contributed by atoms with Crippen molar-refractivity contribution in [2.45, 2.75) is 33.6 Å². The average Bonchev–Trinajstić information content (AvgIpc) is 2.34. The Bertz CT molecular complexity index is 339. The Morgan fingerprint density at radius 1 is 1.24 bits per heavy atom. The monoisotopic (exact) mass is 300 g/mol. The second kappa shape index (κ2) is 7.48. The van der Waals surface area contributed by atoms with E-state index in [1.54, 1.807) is 6.20 Å². The Morgan fingerprint density at radius 3 is 2.53 bits per heavy atom. The highest BCUT2D eigenvalue weighted by atomic mass is 79.9. The van der Waals surface area contributed by atoms with Crippen molar-refractivity contribution in [3.8, 4) is 0 Å². The van der Waals surface area contributed by atoms with E-state index in [1.807, 2.05) is 6.92 Å². The lowest BCUT2D eigenvalue weighted by Crippen LogP contribution is -2.14. The Kier molecular flexibility index (Phi) is 6.26. The highest BCUT2D eigenvalue weighted by Crippen LogP contribution is 2.21. The average molecular weight is 301 g/mol. The Balaban J connectivity index is 2.65. The van der Waals surface area contributed by atoms with Crippen LogP contribution in [0.25, 0.3) is 0 Å². The van der Waals surface area contributed by atoms with Gasteiger partial charge in [0.25, 0.3) is 0 Å². The van der Waals surface area contributed by atoms with Crippen LogP contribution in [0.1, 0.15) is 33.6 Å². The summed E-state index contributed by atoms with van der Waals surface area (Å²) in [6, 6.07) is 0. The van der Waals surface area contributed by atoms with Gasteiger partial charge >= 0.3 is 0 Å². The molecule has 0 aliphatic heterocycles. The van der Waals surface area contributed by atoms with Gasteiger partial charge in [0, 0.05) is 19.3 Å². The lowest BCUT2D eigenvalue weighted by atomic mass is 10.0. The molecule has 96 valence electrons. The van der Waals surface area contributed by atoms with Crippen molar-refractivity contribution < 1.29 is 0 Å². The molecule has 0 atom stereocenters. The minimum atomic E-state index is 0.669. The zero-order valence-corrected chi connectivity index (χ0v) is 12.3. The number of anilines is 2. The number of nitrogens with zero attached hydrogens (tertiary/aromatic N) is 2. The maximum absolute atomic E-state index is 4.42. The van der Waals surface area contributed by atoms with Gasteiger partial charge in [0.15, 0.2) is 0 Å². The summed E-state index contributed by atoms with van der Waals surface area (Å²) in [5.74, 6) is 2.23. The quantitative estimate of drug-likeness (QED) is 0.809. The van der Waals surface area contributed by atoms with E-state index in [1.165, 1.54) is 12.8 Å². The second-order valence-electron chi connectivity index (χ2n) is 3.98. The third kappa shape index (κ3) is 4.50. The van der Waals surface area contributed by atoms with Gasteiger partial charge in [0.05, 0.1) is 4.47 Å². The Labute approximate surface area is 112 Å². The van der Waals surface area contributed by atoms with Crippen LogP contribution < -0.4 is 10.6 Å². The molecular weight excluding hydrogens is 280 g/mol. The Hall–Kier alpha value is -0.840. The van der Waals surface area contributed by atoms with Gasteiger partial charge in [-0.25, -0.2) is 4.98 Å². The van der Waals surface area contributed by atoms with E-state index in [2.05, 4.69) is 50.4 Å². The fourth-order valence-electron chi connectivity index (χ4n) is 1.55. The summed E-state index contributed by atoms with van der Waals surface area (Å²) in [6.07, 6.45) is 4.15. The van der Waals surface area contributed by atoms with Crippen molar-refractivity contribution in [3.63, 3.8) is 0 Å². The first-order valence-electron chi connectivity index (χ1n) is 6.21. The molecule has 5 heteroatoms. The maximum atomic E-state index is 4.42. The van der Waals surface area contributed by atoms with Gasteiger partial charge in [0.2, 0.25) is 5.95 Å². The molecule has 0 radical (unpaired) electrons. The van der Waals surface area contributed by atoms with E-state index >= 15 is 0 Å².